The maximum atomic E-state index is 7.15. The fourth-order valence-corrected chi connectivity index (χ4v) is 14.3. The number of benzene rings is 12. The minimum atomic E-state index is -0.0376. The van der Waals surface area contributed by atoms with Gasteiger partial charge in [0.15, 0.2) is 0 Å². The number of fused-ring (bicyclic) bond motifs is 15. The fraction of sp³-hybridized carbons (Fsp3) is 0.186. The first-order valence-corrected chi connectivity index (χ1v) is 32.5. The zero-order valence-electron chi connectivity index (χ0n) is 54.7. The molecule has 0 spiro atoms. The first kappa shape index (κ1) is 56.9. The molecule has 452 valence electrons. The Morgan fingerprint density at radius 1 is 0.261 bits per heavy atom. The van der Waals surface area contributed by atoms with Crippen molar-refractivity contribution >= 4 is 132 Å². The van der Waals surface area contributed by atoms with Gasteiger partial charge in [-0.2, -0.15) is 0 Å². The van der Waals surface area contributed by atoms with Crippen LogP contribution >= 0.6 is 0 Å². The van der Waals surface area contributed by atoms with Crippen molar-refractivity contribution in [1.82, 2.24) is 9.13 Å². The van der Waals surface area contributed by atoms with E-state index >= 15 is 0 Å². The van der Waals surface area contributed by atoms with E-state index in [0.29, 0.717) is 0 Å². The number of hydrogen-bond donors (Lipinski definition) is 0. The van der Waals surface area contributed by atoms with Crippen molar-refractivity contribution in [2.45, 2.75) is 105 Å². The summed E-state index contributed by atoms with van der Waals surface area (Å²) in [4.78, 5) is 4.80. The van der Waals surface area contributed by atoms with Gasteiger partial charge in [-0.25, -0.2) is 0 Å². The molecule has 4 aromatic heterocycles. The molecule has 16 aromatic rings. The zero-order chi connectivity index (χ0) is 63.3. The standard InChI is InChI=1S/C86H76N4O2/c1-83(2,3)53-45-54(84(4,5)6)48-61(47-53)89-71-31-21-19-29-69(71)79-73(33-23-35-75(79)89)87(57-25-15-13-16-26-57)59-37-39-63-65-41-43-68-67(81(65)91-77(63)51-59)44-42-66-64-40-38-60(52-78(64)92-82(66)68)88(58-27-17-14-18-28-58)74-34-24-36-76-80(74)70-30-20-22-32-72(70)90(76)62-49-55(85(7,8)9)46-56(50-62)86(10,11)12/h13-52H,1-12H3. The van der Waals surface area contributed by atoms with Gasteiger partial charge in [0.2, 0.25) is 0 Å². The molecule has 12 aromatic carbocycles. The van der Waals surface area contributed by atoms with Crippen molar-refractivity contribution in [2.24, 2.45) is 0 Å². The van der Waals surface area contributed by atoms with Crippen LogP contribution in [0.4, 0.5) is 34.1 Å². The fourth-order valence-electron chi connectivity index (χ4n) is 14.3. The summed E-state index contributed by atoms with van der Waals surface area (Å²) >= 11 is 0. The van der Waals surface area contributed by atoms with Crippen molar-refractivity contribution in [3.63, 3.8) is 0 Å². The summed E-state index contributed by atoms with van der Waals surface area (Å²) in [7, 11) is 0. The van der Waals surface area contributed by atoms with Gasteiger partial charge in [0.05, 0.1) is 33.4 Å². The third-order valence-corrected chi connectivity index (χ3v) is 19.2. The molecule has 0 N–H and O–H groups in total. The summed E-state index contributed by atoms with van der Waals surface area (Å²) in [5.41, 5.74) is 21.7. The van der Waals surface area contributed by atoms with Crippen molar-refractivity contribution < 1.29 is 8.83 Å². The Morgan fingerprint density at radius 3 is 0.935 bits per heavy atom. The highest BCUT2D eigenvalue weighted by atomic mass is 16.3. The molecule has 4 heterocycles. The van der Waals surface area contributed by atoms with Gasteiger partial charge < -0.3 is 27.8 Å². The number of aromatic nitrogens is 2. The smallest absolute Gasteiger partial charge is 0.143 e. The van der Waals surface area contributed by atoms with E-state index < -0.39 is 0 Å². The Balaban J connectivity index is 0.825. The van der Waals surface area contributed by atoms with Gasteiger partial charge in [0, 0.05) is 100 Å². The molecule has 16 rings (SSSR count). The number of rotatable bonds is 8. The van der Waals surface area contributed by atoms with Crippen molar-refractivity contribution in [2.75, 3.05) is 9.80 Å². The first-order valence-electron chi connectivity index (χ1n) is 32.5. The summed E-state index contributed by atoms with van der Waals surface area (Å²) in [6.07, 6.45) is 0. The second-order valence-electron chi connectivity index (χ2n) is 29.5. The van der Waals surface area contributed by atoms with Gasteiger partial charge in [-0.05, 0) is 177 Å². The minimum absolute atomic E-state index is 0.0376. The lowest BCUT2D eigenvalue weighted by molar-refractivity contribution is 0.567. The largest absolute Gasteiger partial charge is 0.455 e. The topological polar surface area (TPSA) is 42.6 Å². The van der Waals surface area contributed by atoms with Crippen molar-refractivity contribution in [3.8, 4) is 11.4 Å². The highest BCUT2D eigenvalue weighted by Crippen LogP contribution is 2.50. The van der Waals surface area contributed by atoms with E-state index in [1.54, 1.807) is 0 Å². The molecule has 0 bridgehead atoms. The molecule has 0 amide bonds. The molecule has 92 heavy (non-hydrogen) atoms. The molecule has 0 aliphatic rings. The number of furan rings is 2. The maximum absolute atomic E-state index is 7.15. The molecule has 0 fully saturated rings. The second kappa shape index (κ2) is 20.6. The Bertz CT molecular complexity index is 5210. The summed E-state index contributed by atoms with van der Waals surface area (Å²) in [5.74, 6) is 0. The molecule has 0 aliphatic carbocycles. The highest BCUT2D eigenvalue weighted by Gasteiger charge is 2.29. The molecule has 6 heteroatoms. The Kier molecular flexibility index (Phi) is 12.7. The monoisotopic (exact) mass is 1200 g/mol. The minimum Gasteiger partial charge on any atom is -0.455 e. The van der Waals surface area contributed by atoms with Crippen molar-refractivity contribution in [1.29, 1.82) is 0 Å². The van der Waals surface area contributed by atoms with E-state index in [-0.39, 0.29) is 21.7 Å². The molecule has 0 radical (unpaired) electrons. The number of hydrogen-bond acceptors (Lipinski definition) is 4. The van der Waals surface area contributed by atoms with E-state index in [2.05, 4.69) is 345 Å². The molecule has 0 unspecified atom stereocenters. The lowest BCUT2D eigenvalue weighted by Crippen LogP contribution is -2.17. The van der Waals surface area contributed by atoms with Crippen LogP contribution in [0.2, 0.25) is 0 Å². The normalized spacial score (nSPS) is 12.8. The van der Waals surface area contributed by atoms with Crippen LogP contribution in [0.3, 0.4) is 0 Å². The van der Waals surface area contributed by atoms with Crippen LogP contribution in [0.15, 0.2) is 251 Å². The predicted octanol–water partition coefficient (Wildman–Crippen LogP) is 25.0. The van der Waals surface area contributed by atoms with Crippen LogP contribution in [0, 0.1) is 0 Å². The van der Waals surface area contributed by atoms with Crippen LogP contribution in [-0.4, -0.2) is 9.13 Å². The van der Waals surface area contributed by atoms with Gasteiger partial charge in [-0.1, -0.05) is 180 Å². The maximum Gasteiger partial charge on any atom is 0.143 e. The molecule has 0 saturated carbocycles. The third-order valence-electron chi connectivity index (χ3n) is 19.2. The van der Waals surface area contributed by atoms with Crippen LogP contribution in [0.25, 0.3) is 110 Å². The summed E-state index contributed by atoms with van der Waals surface area (Å²) in [6.45, 7) is 27.8. The zero-order valence-corrected chi connectivity index (χ0v) is 54.7. The lowest BCUT2D eigenvalue weighted by atomic mass is 9.80. The van der Waals surface area contributed by atoms with E-state index in [1.165, 1.54) is 66.2 Å². The number of para-hydroxylation sites is 4. The van der Waals surface area contributed by atoms with Gasteiger partial charge in [0.25, 0.3) is 0 Å². The van der Waals surface area contributed by atoms with Crippen molar-refractivity contribution in [3.05, 3.63) is 265 Å². The average molecular weight is 1200 g/mol. The van der Waals surface area contributed by atoms with Gasteiger partial charge >= 0.3 is 0 Å². The third kappa shape index (κ3) is 9.20. The Morgan fingerprint density at radius 2 is 0.576 bits per heavy atom. The summed E-state index contributed by atoms with van der Waals surface area (Å²) in [5, 5.41) is 11.0. The molecule has 6 nitrogen and oxygen atoms in total. The van der Waals surface area contributed by atoms with Gasteiger partial charge in [-0.15, -0.1) is 0 Å². The van der Waals surface area contributed by atoms with E-state index in [1.807, 2.05) is 0 Å². The molecule has 0 saturated heterocycles. The van der Waals surface area contributed by atoms with E-state index in [0.717, 1.165) is 99.8 Å². The van der Waals surface area contributed by atoms with Crippen LogP contribution in [-0.2, 0) is 21.7 Å². The summed E-state index contributed by atoms with van der Waals surface area (Å²) < 4.78 is 19.3. The number of nitrogens with zero attached hydrogens (tertiary/aromatic N) is 4. The Labute approximate surface area is 538 Å². The molecular formula is C86H76N4O2. The van der Waals surface area contributed by atoms with E-state index in [9.17, 15) is 0 Å². The first-order chi connectivity index (χ1) is 44.2. The highest BCUT2D eigenvalue weighted by molar-refractivity contribution is 6.24. The van der Waals surface area contributed by atoms with Gasteiger partial charge in [-0.3, -0.25) is 0 Å². The average Bonchev–Trinajstić information content (AvgIpc) is 1.58. The van der Waals surface area contributed by atoms with Gasteiger partial charge in [0.1, 0.15) is 22.3 Å². The van der Waals surface area contributed by atoms with Crippen LogP contribution in [0.5, 0.6) is 0 Å². The second-order valence-corrected chi connectivity index (χ2v) is 29.5. The predicted molar refractivity (Wildman–Crippen MR) is 391 cm³/mol. The lowest BCUT2D eigenvalue weighted by Gasteiger charge is -2.27. The molecule has 0 aliphatic heterocycles. The Hall–Kier alpha value is -10.3. The van der Waals surface area contributed by atoms with Crippen LogP contribution in [0.1, 0.15) is 105 Å². The molecule has 0 atom stereocenters. The van der Waals surface area contributed by atoms with Crippen LogP contribution < -0.4 is 9.80 Å². The quantitative estimate of drug-likeness (QED) is 0.152. The van der Waals surface area contributed by atoms with E-state index in [4.69, 9.17) is 8.83 Å². The SMILES string of the molecule is CC(C)(C)c1cc(-n2c3ccccc3c3c(N(c4ccccc4)c4ccc5c(c4)oc4c5ccc5c4ccc4c6ccc(N(c7ccccc7)c7cccc8c7c7ccccc7n8-c7cc(C(C)(C)C)cc(C(C)(C)C)c7)cc6oc45)cccc32)cc(C(C)(C)C)c1. The summed E-state index contributed by atoms with van der Waals surface area (Å²) in [6, 6.07) is 89.5. The number of anilines is 6. The molecular weight excluding hydrogens is 1120 g/mol.